The van der Waals surface area contributed by atoms with Gasteiger partial charge in [-0.25, -0.2) is 4.79 Å². The summed E-state index contributed by atoms with van der Waals surface area (Å²) in [4.78, 5) is 16.0. The minimum atomic E-state index is -0.419. The number of likely N-dealkylation sites (tertiary alicyclic amines) is 1. The predicted molar refractivity (Wildman–Crippen MR) is 147 cm³/mol. The average molecular weight is 525 g/mol. The Hall–Kier alpha value is -2.84. The molecular weight excluding hydrogens is 488 g/mol. The van der Waals surface area contributed by atoms with Crippen molar-refractivity contribution in [2.45, 2.75) is 56.9 Å². The number of phenolic OH excluding ortho intramolecular Hbond substituents is 1. The van der Waals surface area contributed by atoms with Gasteiger partial charge in [-0.2, -0.15) is 12.6 Å². The number of aromatic hydroxyl groups is 1. The van der Waals surface area contributed by atoms with E-state index < -0.39 is 5.25 Å². The number of hydrogen-bond acceptors (Lipinski definition) is 7. The second-order valence-electron chi connectivity index (χ2n) is 9.89. The number of benzene rings is 2. The van der Waals surface area contributed by atoms with Crippen LogP contribution in [0.5, 0.6) is 17.2 Å². The molecule has 8 heteroatoms. The van der Waals surface area contributed by atoms with Gasteiger partial charge >= 0.3 is 5.97 Å². The van der Waals surface area contributed by atoms with Crippen molar-refractivity contribution in [2.75, 3.05) is 33.9 Å². The number of rotatable bonds is 9. The Kier molecular flexibility index (Phi) is 7.58. The van der Waals surface area contributed by atoms with E-state index in [1.165, 1.54) is 6.42 Å². The van der Waals surface area contributed by atoms with Crippen LogP contribution in [-0.4, -0.2) is 54.5 Å². The van der Waals surface area contributed by atoms with Gasteiger partial charge in [0.1, 0.15) is 5.75 Å². The molecule has 0 bridgehead atoms. The maximum Gasteiger partial charge on any atom is 0.340 e. The highest BCUT2D eigenvalue weighted by molar-refractivity contribution is 7.80. The molecular formula is C29H36N2O5S. The number of carbonyl (C=O) groups is 1. The van der Waals surface area contributed by atoms with E-state index in [-0.39, 0.29) is 24.4 Å². The molecule has 1 aliphatic heterocycles. The van der Waals surface area contributed by atoms with E-state index in [4.69, 9.17) is 26.8 Å². The Morgan fingerprint density at radius 2 is 1.81 bits per heavy atom. The molecule has 0 spiro atoms. The Balaban J connectivity index is 1.74. The molecule has 0 amide bonds. The van der Waals surface area contributed by atoms with E-state index in [9.17, 15) is 9.90 Å². The first-order valence-electron chi connectivity index (χ1n) is 13.2. The van der Waals surface area contributed by atoms with Gasteiger partial charge in [-0.05, 0) is 75.5 Å². The fraction of sp³-hybridized carbons (Fsp3) is 0.483. The van der Waals surface area contributed by atoms with Crippen molar-refractivity contribution in [1.82, 2.24) is 9.47 Å². The van der Waals surface area contributed by atoms with Crippen LogP contribution in [0, 0.1) is 0 Å². The van der Waals surface area contributed by atoms with Crippen LogP contribution >= 0.6 is 12.6 Å². The minimum Gasteiger partial charge on any atom is -0.508 e. The van der Waals surface area contributed by atoms with Crippen LogP contribution in [0.4, 0.5) is 0 Å². The van der Waals surface area contributed by atoms with E-state index in [2.05, 4.69) is 9.47 Å². The highest BCUT2D eigenvalue weighted by Gasteiger charge is 2.37. The van der Waals surface area contributed by atoms with Gasteiger partial charge in [0.15, 0.2) is 11.5 Å². The zero-order valence-electron chi connectivity index (χ0n) is 21.8. The highest BCUT2D eigenvalue weighted by Crippen LogP contribution is 2.48. The molecule has 1 aliphatic carbocycles. The van der Waals surface area contributed by atoms with Crippen LogP contribution in [0.3, 0.4) is 0 Å². The van der Waals surface area contributed by atoms with Crippen LogP contribution in [-0.2, 0) is 11.3 Å². The maximum absolute atomic E-state index is 13.6. The van der Waals surface area contributed by atoms with Gasteiger partial charge in [-0.15, -0.1) is 0 Å². The molecule has 1 aromatic heterocycles. The van der Waals surface area contributed by atoms with Gasteiger partial charge in [0.2, 0.25) is 0 Å². The van der Waals surface area contributed by atoms with Crippen molar-refractivity contribution in [3.05, 3.63) is 52.7 Å². The number of phenols is 1. The van der Waals surface area contributed by atoms with Crippen LogP contribution < -0.4 is 9.47 Å². The number of thiol groups is 1. The smallest absolute Gasteiger partial charge is 0.340 e. The first-order chi connectivity index (χ1) is 18.0. The van der Waals surface area contributed by atoms with Crippen LogP contribution in [0.2, 0.25) is 0 Å². The standard InChI is InChI=1S/C29H36N2O5S/c1-4-36-29(33)26-25-20(17-30-14-6-5-7-15-30)22(32)12-11-21(25)31(19-9-10-19)27(26)28(37)18-8-13-23(34-2)24(16-18)35-3/h8,11-13,16,19,28,32,37H,4-7,9-10,14-15,17H2,1-3H3. The summed E-state index contributed by atoms with van der Waals surface area (Å²) in [5, 5.41) is 11.4. The van der Waals surface area contributed by atoms with Crippen LogP contribution in [0.25, 0.3) is 10.9 Å². The minimum absolute atomic E-state index is 0.213. The Morgan fingerprint density at radius 1 is 1.08 bits per heavy atom. The fourth-order valence-electron chi connectivity index (χ4n) is 5.57. The average Bonchev–Trinajstić information content (AvgIpc) is 3.70. The van der Waals surface area contributed by atoms with Crippen molar-refractivity contribution < 1.29 is 24.1 Å². The number of hydrogen-bond donors (Lipinski definition) is 2. The summed E-state index contributed by atoms with van der Waals surface area (Å²) >= 11 is 5.09. The molecule has 1 N–H and O–H groups in total. The van der Waals surface area contributed by atoms with Crippen molar-refractivity contribution >= 4 is 29.5 Å². The topological polar surface area (TPSA) is 73.2 Å². The summed E-state index contributed by atoms with van der Waals surface area (Å²) in [5.74, 6) is 1.07. The molecule has 5 rings (SSSR count). The summed E-state index contributed by atoms with van der Waals surface area (Å²) in [6.45, 7) is 4.65. The predicted octanol–water partition coefficient (Wildman–Crippen LogP) is 5.88. The number of carbonyl (C=O) groups excluding carboxylic acids is 1. The number of nitrogens with zero attached hydrogens (tertiary/aromatic N) is 2. The van der Waals surface area contributed by atoms with E-state index in [1.54, 1.807) is 20.3 Å². The Morgan fingerprint density at radius 3 is 2.46 bits per heavy atom. The maximum atomic E-state index is 13.6. The number of aromatic nitrogens is 1. The summed E-state index contributed by atoms with van der Waals surface area (Å²) in [6, 6.07) is 9.70. The number of ether oxygens (including phenoxy) is 3. The lowest BCUT2D eigenvalue weighted by Crippen LogP contribution is -2.29. The lowest BCUT2D eigenvalue weighted by molar-refractivity contribution is 0.0527. The van der Waals surface area contributed by atoms with Crippen molar-refractivity contribution in [1.29, 1.82) is 0 Å². The van der Waals surface area contributed by atoms with Gasteiger partial charge in [0.25, 0.3) is 0 Å². The monoisotopic (exact) mass is 524 g/mol. The third-order valence-corrected chi connectivity index (χ3v) is 8.04. The van der Waals surface area contributed by atoms with Gasteiger partial charge in [-0.1, -0.05) is 12.5 Å². The molecule has 2 heterocycles. The first kappa shape index (κ1) is 25.8. The van der Waals surface area contributed by atoms with Crippen molar-refractivity contribution in [3.63, 3.8) is 0 Å². The van der Waals surface area contributed by atoms with Crippen LogP contribution in [0.1, 0.15) is 77.5 Å². The zero-order chi connectivity index (χ0) is 26.1. The molecule has 1 atom stereocenters. The van der Waals surface area contributed by atoms with Gasteiger partial charge in [0.05, 0.1) is 42.9 Å². The SMILES string of the molecule is CCOC(=O)c1c(C(S)c2ccc(OC)c(OC)c2)n(C2CC2)c2ccc(O)c(CN3CCCCC3)c12. The van der Waals surface area contributed by atoms with Crippen molar-refractivity contribution in [3.8, 4) is 17.2 Å². The summed E-state index contributed by atoms with van der Waals surface area (Å²) in [5.41, 5.74) is 3.93. The van der Waals surface area contributed by atoms with Crippen molar-refractivity contribution in [2.24, 2.45) is 0 Å². The Bertz CT molecular complexity index is 1290. The summed E-state index contributed by atoms with van der Waals surface area (Å²) in [6.07, 6.45) is 5.60. The lowest BCUT2D eigenvalue weighted by atomic mass is 9.99. The summed E-state index contributed by atoms with van der Waals surface area (Å²) in [7, 11) is 3.21. The molecule has 1 saturated heterocycles. The van der Waals surface area contributed by atoms with E-state index in [0.29, 0.717) is 23.6 Å². The number of methoxy groups -OCH3 is 2. The number of fused-ring (bicyclic) bond motifs is 1. The molecule has 2 aromatic carbocycles. The zero-order valence-corrected chi connectivity index (χ0v) is 22.7. The number of esters is 1. The van der Waals surface area contributed by atoms with E-state index in [1.807, 2.05) is 31.2 Å². The van der Waals surface area contributed by atoms with Gasteiger partial charge < -0.3 is 23.9 Å². The van der Waals surface area contributed by atoms with Crippen LogP contribution in [0.15, 0.2) is 30.3 Å². The lowest BCUT2D eigenvalue weighted by Gasteiger charge is -2.27. The molecule has 0 radical (unpaired) electrons. The largest absolute Gasteiger partial charge is 0.508 e. The number of piperidine rings is 1. The third-order valence-electron chi connectivity index (χ3n) is 7.50. The second kappa shape index (κ2) is 10.9. The molecule has 1 saturated carbocycles. The molecule has 37 heavy (non-hydrogen) atoms. The van der Waals surface area contributed by atoms with E-state index >= 15 is 0 Å². The fourth-order valence-corrected chi connectivity index (χ4v) is 5.98. The molecule has 2 fully saturated rings. The van der Waals surface area contributed by atoms with Gasteiger partial charge in [-0.3, -0.25) is 4.90 Å². The highest BCUT2D eigenvalue weighted by atomic mass is 32.1. The third kappa shape index (κ3) is 4.89. The van der Waals surface area contributed by atoms with E-state index in [0.717, 1.165) is 66.5 Å². The summed E-state index contributed by atoms with van der Waals surface area (Å²) < 4.78 is 18.9. The Labute approximate surface area is 223 Å². The quantitative estimate of drug-likeness (QED) is 0.269. The molecule has 198 valence electrons. The first-order valence-corrected chi connectivity index (χ1v) is 13.7. The molecule has 3 aromatic rings. The molecule has 1 unspecified atom stereocenters. The second-order valence-corrected chi connectivity index (χ2v) is 10.4. The molecule has 7 nitrogen and oxygen atoms in total. The molecule has 2 aliphatic rings. The normalized spacial score (nSPS) is 17.1. The van der Waals surface area contributed by atoms with Gasteiger partial charge in [0, 0.05) is 23.5 Å².